The van der Waals surface area contributed by atoms with Gasteiger partial charge in [0.05, 0.1) is 10.8 Å². The van der Waals surface area contributed by atoms with Gasteiger partial charge in [-0.1, -0.05) is 41.9 Å². The number of carboxylic acid groups (broad SMARTS) is 1. The van der Waals surface area contributed by atoms with Crippen molar-refractivity contribution < 1.29 is 14.7 Å². The number of hydrogen-bond acceptors (Lipinski definition) is 3. The van der Waals surface area contributed by atoms with Crippen LogP contribution >= 0.6 is 22.9 Å². The number of aliphatic carboxylic acids is 1. The minimum atomic E-state index is -0.859. The maximum Gasteiger partial charge on any atom is 0.303 e. The fraction of sp³-hybridized carbons (Fsp3) is 0.294. The third kappa shape index (κ3) is 6.42. The van der Waals surface area contributed by atoms with Crippen molar-refractivity contribution in [1.82, 2.24) is 5.32 Å². The summed E-state index contributed by atoms with van der Waals surface area (Å²) < 4.78 is 0.652. The van der Waals surface area contributed by atoms with Gasteiger partial charge in [0.25, 0.3) is 0 Å². The van der Waals surface area contributed by atoms with E-state index in [9.17, 15) is 9.59 Å². The molecule has 1 aromatic heterocycles. The van der Waals surface area contributed by atoms with Crippen LogP contribution < -0.4 is 5.32 Å². The standard InChI is InChI=1S/C17H18ClNO3S/c18-15-8-7-14(23-15)11-16(20)19-13(6-9-17(21)22)10-12-4-2-1-3-5-12/h1-5,7-8,13H,6,9-11H2,(H,19,20)(H,21,22). The molecule has 1 heterocycles. The molecule has 0 aliphatic rings. The summed E-state index contributed by atoms with van der Waals surface area (Å²) in [5.41, 5.74) is 1.07. The van der Waals surface area contributed by atoms with Crippen molar-refractivity contribution in [3.8, 4) is 0 Å². The van der Waals surface area contributed by atoms with Gasteiger partial charge in [-0.15, -0.1) is 11.3 Å². The monoisotopic (exact) mass is 351 g/mol. The molecule has 0 bridgehead atoms. The second-order valence-corrected chi connectivity index (χ2v) is 7.07. The Morgan fingerprint density at radius 1 is 1.17 bits per heavy atom. The van der Waals surface area contributed by atoms with Crippen molar-refractivity contribution in [3.05, 3.63) is 57.2 Å². The molecule has 122 valence electrons. The Balaban J connectivity index is 1.95. The van der Waals surface area contributed by atoms with E-state index in [1.807, 2.05) is 36.4 Å². The van der Waals surface area contributed by atoms with Crippen molar-refractivity contribution in [3.63, 3.8) is 0 Å². The van der Waals surface area contributed by atoms with E-state index >= 15 is 0 Å². The Morgan fingerprint density at radius 3 is 2.52 bits per heavy atom. The van der Waals surface area contributed by atoms with E-state index in [0.717, 1.165) is 10.4 Å². The quantitative estimate of drug-likeness (QED) is 0.764. The normalized spacial score (nSPS) is 11.9. The molecule has 2 N–H and O–H groups in total. The number of halogens is 1. The zero-order valence-electron chi connectivity index (χ0n) is 12.5. The Labute approximate surface area is 144 Å². The number of amides is 1. The molecule has 1 aromatic carbocycles. The first-order valence-electron chi connectivity index (χ1n) is 7.32. The summed E-state index contributed by atoms with van der Waals surface area (Å²) in [7, 11) is 0. The van der Waals surface area contributed by atoms with Crippen molar-refractivity contribution in [2.24, 2.45) is 0 Å². The van der Waals surface area contributed by atoms with Crippen molar-refractivity contribution in [2.45, 2.75) is 31.7 Å². The van der Waals surface area contributed by atoms with Gasteiger partial charge in [0.2, 0.25) is 5.91 Å². The molecule has 0 saturated heterocycles. The number of rotatable bonds is 8. The van der Waals surface area contributed by atoms with E-state index in [1.54, 1.807) is 6.07 Å². The summed E-state index contributed by atoms with van der Waals surface area (Å²) in [5.74, 6) is -0.975. The SMILES string of the molecule is O=C(O)CCC(Cc1ccccc1)NC(=O)Cc1ccc(Cl)s1. The average Bonchev–Trinajstić information content (AvgIpc) is 2.90. The van der Waals surface area contributed by atoms with Crippen LogP contribution in [0.4, 0.5) is 0 Å². The first-order valence-corrected chi connectivity index (χ1v) is 8.51. The fourth-order valence-corrected chi connectivity index (χ4v) is 3.39. The second kappa shape index (κ2) is 8.70. The molecule has 6 heteroatoms. The van der Waals surface area contributed by atoms with Crippen molar-refractivity contribution >= 4 is 34.8 Å². The number of thiophene rings is 1. The van der Waals surface area contributed by atoms with Gasteiger partial charge in [-0.05, 0) is 30.5 Å². The number of nitrogens with one attached hydrogen (secondary N) is 1. The molecule has 0 radical (unpaired) electrons. The Bertz CT molecular complexity index is 657. The summed E-state index contributed by atoms with van der Waals surface area (Å²) >= 11 is 7.24. The van der Waals surface area contributed by atoms with E-state index in [0.29, 0.717) is 17.2 Å². The molecule has 2 aromatic rings. The molecule has 0 aliphatic carbocycles. The highest BCUT2D eigenvalue weighted by molar-refractivity contribution is 7.16. The first kappa shape index (κ1) is 17.5. The van der Waals surface area contributed by atoms with Gasteiger partial charge in [0, 0.05) is 17.3 Å². The number of carbonyl (C=O) groups excluding carboxylic acids is 1. The molecular weight excluding hydrogens is 334 g/mol. The van der Waals surface area contributed by atoms with Gasteiger partial charge >= 0.3 is 5.97 Å². The molecule has 0 fully saturated rings. The number of benzene rings is 1. The molecular formula is C17H18ClNO3S. The van der Waals surface area contributed by atoms with Gasteiger partial charge in [0.1, 0.15) is 0 Å². The van der Waals surface area contributed by atoms with E-state index in [1.165, 1.54) is 11.3 Å². The lowest BCUT2D eigenvalue weighted by atomic mass is 10.0. The van der Waals surface area contributed by atoms with Crippen LogP contribution in [0.2, 0.25) is 4.34 Å². The molecule has 0 spiro atoms. The predicted octanol–water partition coefficient (Wildman–Crippen LogP) is 3.54. The van der Waals surface area contributed by atoms with E-state index < -0.39 is 5.97 Å². The van der Waals surface area contributed by atoms with Crippen LogP contribution in [0.15, 0.2) is 42.5 Å². The third-order valence-corrected chi connectivity index (χ3v) is 4.59. The summed E-state index contributed by atoms with van der Waals surface area (Å²) in [6.07, 6.45) is 1.31. The van der Waals surface area contributed by atoms with Crippen molar-refractivity contribution in [1.29, 1.82) is 0 Å². The van der Waals surface area contributed by atoms with Crippen LogP contribution in [0.1, 0.15) is 23.3 Å². The van der Waals surface area contributed by atoms with Gasteiger partial charge in [-0.3, -0.25) is 9.59 Å². The maximum absolute atomic E-state index is 12.2. The largest absolute Gasteiger partial charge is 0.481 e. The Hall–Kier alpha value is -1.85. The predicted molar refractivity (Wildman–Crippen MR) is 92.0 cm³/mol. The molecule has 4 nitrogen and oxygen atoms in total. The summed E-state index contributed by atoms with van der Waals surface area (Å²) in [6, 6.07) is 13.1. The highest BCUT2D eigenvalue weighted by Crippen LogP contribution is 2.21. The van der Waals surface area contributed by atoms with Crippen LogP contribution in [0.25, 0.3) is 0 Å². The Morgan fingerprint density at radius 2 is 1.91 bits per heavy atom. The highest BCUT2D eigenvalue weighted by atomic mass is 35.5. The third-order valence-electron chi connectivity index (χ3n) is 3.36. The molecule has 23 heavy (non-hydrogen) atoms. The molecule has 0 saturated carbocycles. The second-order valence-electron chi connectivity index (χ2n) is 5.27. The zero-order chi connectivity index (χ0) is 16.7. The van der Waals surface area contributed by atoms with Crippen LogP contribution in [0.5, 0.6) is 0 Å². The minimum absolute atomic E-state index is 0.0304. The van der Waals surface area contributed by atoms with Crippen LogP contribution in [-0.2, 0) is 22.4 Å². The highest BCUT2D eigenvalue weighted by Gasteiger charge is 2.15. The molecule has 2 rings (SSSR count). The van der Waals surface area contributed by atoms with E-state index in [4.69, 9.17) is 16.7 Å². The lowest BCUT2D eigenvalue weighted by Gasteiger charge is -2.18. The molecule has 1 atom stereocenters. The first-order chi connectivity index (χ1) is 11.0. The molecule has 1 amide bonds. The smallest absolute Gasteiger partial charge is 0.303 e. The van der Waals surface area contributed by atoms with Crippen LogP contribution in [-0.4, -0.2) is 23.0 Å². The lowest BCUT2D eigenvalue weighted by molar-refractivity contribution is -0.137. The van der Waals surface area contributed by atoms with Gasteiger partial charge < -0.3 is 10.4 Å². The number of carbonyl (C=O) groups is 2. The average molecular weight is 352 g/mol. The summed E-state index contributed by atoms with van der Waals surface area (Å²) in [4.78, 5) is 23.9. The maximum atomic E-state index is 12.2. The van der Waals surface area contributed by atoms with Gasteiger partial charge in [0.15, 0.2) is 0 Å². The lowest BCUT2D eigenvalue weighted by Crippen LogP contribution is -2.37. The van der Waals surface area contributed by atoms with Gasteiger partial charge in [-0.25, -0.2) is 0 Å². The molecule has 1 unspecified atom stereocenters. The van der Waals surface area contributed by atoms with Crippen LogP contribution in [0, 0.1) is 0 Å². The fourth-order valence-electron chi connectivity index (χ4n) is 2.31. The number of hydrogen-bond donors (Lipinski definition) is 2. The number of carboxylic acids is 1. The summed E-state index contributed by atoms with van der Waals surface area (Å²) in [5, 5.41) is 11.8. The Kier molecular flexibility index (Phi) is 6.62. The van der Waals surface area contributed by atoms with Crippen LogP contribution in [0.3, 0.4) is 0 Å². The zero-order valence-corrected chi connectivity index (χ0v) is 14.1. The van der Waals surface area contributed by atoms with E-state index in [2.05, 4.69) is 5.32 Å². The van der Waals surface area contributed by atoms with Gasteiger partial charge in [-0.2, -0.15) is 0 Å². The van der Waals surface area contributed by atoms with E-state index in [-0.39, 0.29) is 24.8 Å². The van der Waals surface area contributed by atoms with Crippen molar-refractivity contribution in [2.75, 3.05) is 0 Å². The topological polar surface area (TPSA) is 66.4 Å². The summed E-state index contributed by atoms with van der Waals surface area (Å²) in [6.45, 7) is 0. The molecule has 0 aliphatic heterocycles. The minimum Gasteiger partial charge on any atom is -0.481 e.